The summed E-state index contributed by atoms with van der Waals surface area (Å²) in [6.07, 6.45) is -3.16. The summed E-state index contributed by atoms with van der Waals surface area (Å²) in [4.78, 5) is 11.3. The fourth-order valence-electron chi connectivity index (χ4n) is 2.33. The maximum absolute atomic E-state index is 13.1. The molecular weight excluding hydrogens is 273 g/mol. The van der Waals surface area contributed by atoms with Crippen LogP contribution in [0.5, 0.6) is 0 Å². The van der Waals surface area contributed by atoms with Gasteiger partial charge in [0, 0.05) is 22.4 Å². The third kappa shape index (κ3) is 1.71. The molecule has 0 N–H and O–H groups in total. The van der Waals surface area contributed by atoms with E-state index in [1.54, 1.807) is 13.8 Å². The first kappa shape index (κ1) is 12.8. The van der Waals surface area contributed by atoms with Crippen LogP contribution in [-0.4, -0.2) is 0 Å². The van der Waals surface area contributed by atoms with E-state index in [1.165, 1.54) is 12.3 Å². The summed E-state index contributed by atoms with van der Waals surface area (Å²) in [6, 6.07) is 1.82. The van der Waals surface area contributed by atoms with Gasteiger partial charge in [0.25, 0.3) is 0 Å². The van der Waals surface area contributed by atoms with Crippen LogP contribution in [0.1, 0.15) is 16.7 Å². The van der Waals surface area contributed by atoms with Crippen molar-refractivity contribution in [3.8, 4) is 0 Å². The Morgan fingerprint density at radius 2 is 1.75 bits per heavy atom. The van der Waals surface area contributed by atoms with E-state index >= 15 is 0 Å². The van der Waals surface area contributed by atoms with Crippen molar-refractivity contribution in [2.75, 3.05) is 0 Å². The summed E-state index contributed by atoms with van der Waals surface area (Å²) in [5.74, 6) is 0. The molecule has 0 aliphatic rings. The minimum Gasteiger partial charge on any atom is -0.464 e. The molecule has 0 unspecified atom stereocenters. The monoisotopic (exact) mass is 282 g/mol. The molecule has 6 heteroatoms. The smallest absolute Gasteiger partial charge is 0.417 e. The van der Waals surface area contributed by atoms with Crippen molar-refractivity contribution < 1.29 is 22.0 Å². The van der Waals surface area contributed by atoms with Crippen LogP contribution < -0.4 is 5.63 Å². The van der Waals surface area contributed by atoms with Gasteiger partial charge >= 0.3 is 11.8 Å². The van der Waals surface area contributed by atoms with Crippen LogP contribution in [0.3, 0.4) is 0 Å². The Labute approximate surface area is 110 Å². The summed E-state index contributed by atoms with van der Waals surface area (Å²) >= 11 is 0. The summed E-state index contributed by atoms with van der Waals surface area (Å²) < 4.78 is 49.4. The van der Waals surface area contributed by atoms with Crippen molar-refractivity contribution in [1.29, 1.82) is 0 Å². The first-order valence-corrected chi connectivity index (χ1v) is 5.81. The molecule has 0 bridgehead atoms. The van der Waals surface area contributed by atoms with E-state index < -0.39 is 17.4 Å². The van der Waals surface area contributed by atoms with Crippen molar-refractivity contribution in [3.05, 3.63) is 45.5 Å². The van der Waals surface area contributed by atoms with Gasteiger partial charge in [0.15, 0.2) is 0 Å². The molecular formula is C14H9F3O3. The number of benzene rings is 1. The number of rotatable bonds is 0. The largest absolute Gasteiger partial charge is 0.464 e. The topological polar surface area (TPSA) is 43.4 Å². The maximum Gasteiger partial charge on any atom is 0.417 e. The molecule has 1 aromatic carbocycles. The molecule has 20 heavy (non-hydrogen) atoms. The van der Waals surface area contributed by atoms with Gasteiger partial charge in [-0.1, -0.05) is 0 Å². The highest BCUT2D eigenvalue weighted by Crippen LogP contribution is 2.38. The minimum absolute atomic E-state index is 0.0910. The highest BCUT2D eigenvalue weighted by Gasteiger charge is 2.34. The molecule has 0 saturated heterocycles. The van der Waals surface area contributed by atoms with Crippen LogP contribution in [0.25, 0.3) is 21.9 Å². The molecule has 3 rings (SSSR count). The lowest BCUT2D eigenvalue weighted by atomic mass is 10.0. The van der Waals surface area contributed by atoms with E-state index in [0.717, 1.165) is 5.56 Å². The summed E-state index contributed by atoms with van der Waals surface area (Å²) in [7, 11) is 0. The maximum atomic E-state index is 13.1. The molecule has 0 fully saturated rings. The van der Waals surface area contributed by atoms with E-state index in [1.807, 2.05) is 0 Å². The number of hydrogen-bond acceptors (Lipinski definition) is 3. The third-order valence-electron chi connectivity index (χ3n) is 3.30. The zero-order valence-electron chi connectivity index (χ0n) is 10.6. The van der Waals surface area contributed by atoms with E-state index in [9.17, 15) is 18.0 Å². The van der Waals surface area contributed by atoms with Gasteiger partial charge < -0.3 is 8.83 Å². The van der Waals surface area contributed by atoms with E-state index in [0.29, 0.717) is 22.6 Å². The van der Waals surface area contributed by atoms with Crippen LogP contribution in [0.2, 0.25) is 0 Å². The molecule has 3 aromatic rings. The summed E-state index contributed by atoms with van der Waals surface area (Å²) in [6.45, 7) is 3.31. The molecule has 0 saturated carbocycles. The number of furan rings is 1. The van der Waals surface area contributed by atoms with Gasteiger partial charge in [-0.05, 0) is 25.5 Å². The van der Waals surface area contributed by atoms with Gasteiger partial charge in [-0.25, -0.2) is 4.79 Å². The second-order valence-electron chi connectivity index (χ2n) is 4.65. The Bertz CT molecular complexity index is 884. The van der Waals surface area contributed by atoms with Crippen LogP contribution >= 0.6 is 0 Å². The molecule has 0 aliphatic carbocycles. The number of aryl methyl sites for hydroxylation is 2. The Hall–Kier alpha value is -2.24. The molecule has 0 aliphatic heterocycles. The standard InChI is InChI=1S/C14H9F3O3/c1-6-5-19-12-7(2)13-9(3-8(6)12)10(14(15,16)17)4-11(18)20-13/h3-5H,1-2H3. The Kier molecular flexibility index (Phi) is 2.48. The van der Waals surface area contributed by atoms with Gasteiger partial charge in [0.05, 0.1) is 11.8 Å². The summed E-state index contributed by atoms with van der Waals surface area (Å²) in [5.41, 5.74) is -0.577. The van der Waals surface area contributed by atoms with Crippen LogP contribution in [-0.2, 0) is 6.18 Å². The number of halogens is 3. The fraction of sp³-hybridized carbons (Fsp3) is 0.214. The van der Waals surface area contributed by atoms with Crippen molar-refractivity contribution in [3.63, 3.8) is 0 Å². The Morgan fingerprint density at radius 3 is 2.40 bits per heavy atom. The predicted molar refractivity (Wildman–Crippen MR) is 66.7 cm³/mol. The molecule has 0 spiro atoms. The van der Waals surface area contributed by atoms with Crippen LogP contribution in [0, 0.1) is 13.8 Å². The van der Waals surface area contributed by atoms with Crippen molar-refractivity contribution >= 4 is 21.9 Å². The first-order chi connectivity index (χ1) is 9.29. The van der Waals surface area contributed by atoms with Gasteiger partial charge in [-0.15, -0.1) is 0 Å². The van der Waals surface area contributed by atoms with E-state index in [4.69, 9.17) is 8.83 Å². The zero-order valence-corrected chi connectivity index (χ0v) is 10.6. The van der Waals surface area contributed by atoms with Gasteiger partial charge in [-0.2, -0.15) is 13.2 Å². The average Bonchev–Trinajstić information content (AvgIpc) is 2.71. The highest BCUT2D eigenvalue weighted by atomic mass is 19.4. The van der Waals surface area contributed by atoms with Gasteiger partial charge in [0.1, 0.15) is 11.2 Å². The third-order valence-corrected chi connectivity index (χ3v) is 3.30. The molecule has 2 heterocycles. The van der Waals surface area contributed by atoms with Crippen LogP contribution in [0.4, 0.5) is 13.2 Å². The van der Waals surface area contributed by atoms with Crippen molar-refractivity contribution in [2.45, 2.75) is 20.0 Å². The van der Waals surface area contributed by atoms with E-state index in [-0.39, 0.29) is 11.0 Å². The SMILES string of the molecule is Cc1coc2c(C)c3oc(=O)cc(C(F)(F)F)c3cc12. The molecule has 2 aromatic heterocycles. The van der Waals surface area contributed by atoms with Crippen molar-refractivity contribution in [2.24, 2.45) is 0 Å². The molecule has 104 valence electrons. The van der Waals surface area contributed by atoms with E-state index in [2.05, 4.69) is 0 Å². The number of hydrogen-bond donors (Lipinski definition) is 0. The number of alkyl halides is 3. The molecule has 0 radical (unpaired) electrons. The second-order valence-corrected chi connectivity index (χ2v) is 4.65. The minimum atomic E-state index is -4.62. The summed E-state index contributed by atoms with van der Waals surface area (Å²) in [5, 5.41) is 0.445. The second kappa shape index (κ2) is 3.88. The lowest BCUT2D eigenvalue weighted by Gasteiger charge is -2.10. The Morgan fingerprint density at radius 1 is 1.05 bits per heavy atom. The predicted octanol–water partition coefficient (Wildman–Crippen LogP) is 4.17. The highest BCUT2D eigenvalue weighted by molar-refractivity contribution is 5.99. The lowest BCUT2D eigenvalue weighted by molar-refractivity contribution is -0.136. The molecule has 0 atom stereocenters. The lowest BCUT2D eigenvalue weighted by Crippen LogP contribution is -2.11. The molecule has 3 nitrogen and oxygen atoms in total. The first-order valence-electron chi connectivity index (χ1n) is 5.81. The zero-order chi connectivity index (χ0) is 14.7. The quantitative estimate of drug-likeness (QED) is 0.581. The molecule has 0 amide bonds. The van der Waals surface area contributed by atoms with Gasteiger partial charge in [0.2, 0.25) is 0 Å². The average molecular weight is 282 g/mol. The van der Waals surface area contributed by atoms with Crippen LogP contribution in [0.15, 0.2) is 32.0 Å². The fourth-order valence-corrected chi connectivity index (χ4v) is 2.33. The normalized spacial score (nSPS) is 12.4. The Balaban J connectivity index is 2.59. The van der Waals surface area contributed by atoms with Gasteiger partial charge in [-0.3, -0.25) is 0 Å². The van der Waals surface area contributed by atoms with Crippen molar-refractivity contribution in [1.82, 2.24) is 0 Å². The number of fused-ring (bicyclic) bond motifs is 2.